The van der Waals surface area contributed by atoms with E-state index in [0.717, 1.165) is 11.1 Å². The molecule has 0 aliphatic carbocycles. The SMILES string of the molecule is CN(C)C(=O)c1ccc(-c2ccc(CN(CCC(F)(F)F)C3CCN(C(=O)OC(C)(C)C)CC3)cn2)cc1. The second-order valence-electron chi connectivity index (χ2n) is 10.9. The van der Waals surface area contributed by atoms with Crippen molar-refractivity contribution in [2.75, 3.05) is 33.7 Å². The predicted molar refractivity (Wildman–Crippen MR) is 140 cm³/mol. The van der Waals surface area contributed by atoms with Crippen molar-refractivity contribution in [3.05, 3.63) is 53.7 Å². The van der Waals surface area contributed by atoms with Gasteiger partial charge in [-0.25, -0.2) is 4.79 Å². The third kappa shape index (κ3) is 8.72. The van der Waals surface area contributed by atoms with Gasteiger partial charge in [0.15, 0.2) is 0 Å². The molecule has 0 atom stereocenters. The fourth-order valence-corrected chi connectivity index (χ4v) is 4.37. The topological polar surface area (TPSA) is 66.0 Å². The molecule has 0 saturated carbocycles. The maximum absolute atomic E-state index is 13.1. The third-order valence-corrected chi connectivity index (χ3v) is 6.36. The zero-order valence-electron chi connectivity index (χ0n) is 22.7. The summed E-state index contributed by atoms with van der Waals surface area (Å²) in [6, 6.07) is 10.8. The van der Waals surface area contributed by atoms with Crippen LogP contribution in [0.3, 0.4) is 0 Å². The van der Waals surface area contributed by atoms with Gasteiger partial charge in [-0.15, -0.1) is 0 Å². The highest BCUT2D eigenvalue weighted by molar-refractivity contribution is 5.94. The van der Waals surface area contributed by atoms with Crippen molar-refractivity contribution in [2.24, 2.45) is 0 Å². The van der Waals surface area contributed by atoms with E-state index < -0.39 is 24.3 Å². The van der Waals surface area contributed by atoms with Gasteiger partial charge in [-0.3, -0.25) is 14.7 Å². The highest BCUT2D eigenvalue weighted by atomic mass is 19.4. The molecule has 2 heterocycles. The fourth-order valence-electron chi connectivity index (χ4n) is 4.37. The van der Waals surface area contributed by atoms with Crippen LogP contribution < -0.4 is 0 Å². The number of hydrogen-bond acceptors (Lipinski definition) is 5. The molecule has 1 aromatic carbocycles. The zero-order chi connectivity index (χ0) is 28.1. The van der Waals surface area contributed by atoms with Gasteiger partial charge in [-0.05, 0) is 57.4 Å². The summed E-state index contributed by atoms with van der Waals surface area (Å²) in [7, 11) is 3.39. The number of ether oxygens (including phenoxy) is 1. The molecule has 0 unspecified atom stereocenters. The lowest BCUT2D eigenvalue weighted by molar-refractivity contribution is -0.140. The minimum absolute atomic E-state index is 0.0857. The summed E-state index contributed by atoms with van der Waals surface area (Å²) in [6.07, 6.45) is -2.72. The van der Waals surface area contributed by atoms with Gasteiger partial charge in [0, 0.05) is 63.6 Å². The van der Waals surface area contributed by atoms with Crippen molar-refractivity contribution < 1.29 is 27.5 Å². The van der Waals surface area contributed by atoms with Gasteiger partial charge in [0.1, 0.15) is 5.60 Å². The number of piperidine rings is 1. The number of amides is 2. The van der Waals surface area contributed by atoms with Gasteiger partial charge in [-0.2, -0.15) is 13.2 Å². The predicted octanol–water partition coefficient (Wildman–Crippen LogP) is 5.60. The zero-order valence-corrected chi connectivity index (χ0v) is 22.7. The molecule has 1 aliphatic heterocycles. The first kappa shape index (κ1) is 29.4. The van der Waals surface area contributed by atoms with E-state index >= 15 is 0 Å². The second kappa shape index (κ2) is 12.1. The smallest absolute Gasteiger partial charge is 0.410 e. The van der Waals surface area contributed by atoms with E-state index in [-0.39, 0.29) is 18.5 Å². The minimum Gasteiger partial charge on any atom is -0.444 e. The average Bonchev–Trinajstić information content (AvgIpc) is 2.85. The van der Waals surface area contributed by atoms with Crippen molar-refractivity contribution >= 4 is 12.0 Å². The number of carbonyl (C=O) groups excluding carboxylic acids is 2. The number of pyridine rings is 1. The number of aromatic nitrogens is 1. The van der Waals surface area contributed by atoms with Crippen molar-refractivity contribution in [1.82, 2.24) is 19.7 Å². The lowest BCUT2D eigenvalue weighted by Gasteiger charge is -2.39. The molecule has 1 aliphatic rings. The first-order chi connectivity index (χ1) is 17.7. The van der Waals surface area contributed by atoms with E-state index in [2.05, 4.69) is 4.98 Å². The number of halogens is 3. The maximum atomic E-state index is 13.1. The monoisotopic (exact) mass is 534 g/mol. The molecule has 3 rings (SSSR count). The Morgan fingerprint density at radius 1 is 1.03 bits per heavy atom. The summed E-state index contributed by atoms with van der Waals surface area (Å²) in [5.74, 6) is -0.0873. The van der Waals surface area contributed by atoms with E-state index in [1.807, 2.05) is 29.2 Å². The first-order valence-corrected chi connectivity index (χ1v) is 12.8. The van der Waals surface area contributed by atoms with Crippen molar-refractivity contribution in [2.45, 2.75) is 64.4 Å². The number of benzene rings is 1. The largest absolute Gasteiger partial charge is 0.444 e. The van der Waals surface area contributed by atoms with Crippen LogP contribution in [0.25, 0.3) is 11.3 Å². The van der Waals surface area contributed by atoms with Gasteiger partial charge < -0.3 is 14.5 Å². The Balaban J connectivity index is 1.66. The number of nitrogens with zero attached hydrogens (tertiary/aromatic N) is 4. The van der Waals surface area contributed by atoms with Crippen LogP contribution in [0.15, 0.2) is 42.6 Å². The van der Waals surface area contributed by atoms with E-state index in [1.165, 1.54) is 4.90 Å². The molecule has 7 nitrogen and oxygen atoms in total. The number of rotatable bonds is 7. The molecule has 0 bridgehead atoms. The summed E-state index contributed by atoms with van der Waals surface area (Å²) < 4.78 is 44.7. The standard InChI is InChI=1S/C28H37F3N4O3/c1-27(2,3)38-26(37)34-15-12-23(13-16-34)35(17-14-28(29,30)31)19-20-6-11-24(32-18-20)21-7-9-22(10-8-21)25(36)33(4)5/h6-11,18,23H,12-17,19H2,1-5H3. The Kier molecular flexibility index (Phi) is 9.40. The molecule has 0 N–H and O–H groups in total. The van der Waals surface area contributed by atoms with Crippen molar-refractivity contribution in [1.29, 1.82) is 0 Å². The normalized spacial score (nSPS) is 15.0. The van der Waals surface area contributed by atoms with Crippen LogP contribution in [-0.4, -0.2) is 83.2 Å². The van der Waals surface area contributed by atoms with E-state index in [4.69, 9.17) is 4.74 Å². The molecular formula is C28H37F3N4O3. The summed E-state index contributed by atoms with van der Waals surface area (Å²) in [5.41, 5.74) is 2.34. The van der Waals surface area contributed by atoms with Crippen molar-refractivity contribution in [3.8, 4) is 11.3 Å². The van der Waals surface area contributed by atoms with Gasteiger partial charge in [0.05, 0.1) is 12.1 Å². The van der Waals surface area contributed by atoms with E-state index in [1.54, 1.807) is 58.1 Å². The Bertz CT molecular complexity index is 1070. The third-order valence-electron chi connectivity index (χ3n) is 6.36. The molecule has 10 heteroatoms. The van der Waals surface area contributed by atoms with Gasteiger partial charge in [0.25, 0.3) is 5.91 Å². The molecule has 208 valence electrons. The minimum atomic E-state index is -4.25. The Morgan fingerprint density at radius 2 is 1.66 bits per heavy atom. The number of hydrogen-bond donors (Lipinski definition) is 0. The van der Waals surface area contributed by atoms with Gasteiger partial charge in [-0.1, -0.05) is 18.2 Å². The highest BCUT2D eigenvalue weighted by Crippen LogP contribution is 2.26. The fraction of sp³-hybridized carbons (Fsp3) is 0.536. The number of alkyl halides is 3. The Hall–Kier alpha value is -3.14. The van der Waals surface area contributed by atoms with Crippen LogP contribution in [0.4, 0.5) is 18.0 Å². The second-order valence-corrected chi connectivity index (χ2v) is 10.9. The van der Waals surface area contributed by atoms with Gasteiger partial charge >= 0.3 is 12.3 Å². The Labute approximate surface area is 222 Å². The van der Waals surface area contributed by atoms with Crippen LogP contribution in [0.2, 0.25) is 0 Å². The van der Waals surface area contributed by atoms with Crippen LogP contribution in [-0.2, 0) is 11.3 Å². The van der Waals surface area contributed by atoms with Crippen LogP contribution in [0.1, 0.15) is 56.0 Å². The molecule has 38 heavy (non-hydrogen) atoms. The maximum Gasteiger partial charge on any atom is 0.410 e. The molecule has 1 saturated heterocycles. The molecule has 1 aromatic heterocycles. The molecule has 2 aromatic rings. The quantitative estimate of drug-likeness (QED) is 0.462. The van der Waals surface area contributed by atoms with Crippen LogP contribution in [0, 0.1) is 0 Å². The lowest BCUT2D eigenvalue weighted by atomic mass is 10.0. The van der Waals surface area contributed by atoms with Crippen molar-refractivity contribution in [3.63, 3.8) is 0 Å². The molecule has 0 spiro atoms. The van der Waals surface area contributed by atoms with Crippen LogP contribution in [0.5, 0.6) is 0 Å². The summed E-state index contributed by atoms with van der Waals surface area (Å²) >= 11 is 0. The lowest BCUT2D eigenvalue weighted by Crippen LogP contribution is -2.48. The average molecular weight is 535 g/mol. The summed E-state index contributed by atoms with van der Waals surface area (Å²) in [6.45, 7) is 6.49. The van der Waals surface area contributed by atoms with Crippen LogP contribution >= 0.6 is 0 Å². The van der Waals surface area contributed by atoms with E-state index in [9.17, 15) is 22.8 Å². The molecule has 1 fully saturated rings. The van der Waals surface area contributed by atoms with Gasteiger partial charge in [0.2, 0.25) is 0 Å². The number of carbonyl (C=O) groups is 2. The summed E-state index contributed by atoms with van der Waals surface area (Å²) in [5, 5.41) is 0. The molecular weight excluding hydrogens is 497 g/mol. The van der Waals surface area contributed by atoms with E-state index in [0.29, 0.717) is 43.7 Å². The first-order valence-electron chi connectivity index (χ1n) is 12.8. The highest BCUT2D eigenvalue weighted by Gasteiger charge is 2.33. The molecule has 2 amide bonds. The molecule has 0 radical (unpaired) electrons. The summed E-state index contributed by atoms with van der Waals surface area (Å²) in [4.78, 5) is 34.0. The Morgan fingerprint density at radius 3 is 2.16 bits per heavy atom. The number of likely N-dealkylation sites (tertiary alicyclic amines) is 1.